The van der Waals surface area contributed by atoms with Crippen molar-refractivity contribution in [2.75, 3.05) is 0 Å². The Labute approximate surface area is 1130 Å². The van der Waals surface area contributed by atoms with Gasteiger partial charge in [0.05, 0.1) is 0 Å². The number of hydrogen-bond donors (Lipinski definition) is 0. The molecule has 149 heavy (non-hydrogen) atoms. The number of hydrogen-bond acceptors (Lipinski definition) is 0. The second kappa shape index (κ2) is 41100. The summed E-state index contributed by atoms with van der Waals surface area (Å²) in [5.41, 5.74) is 0. The molecule has 0 bridgehead atoms. The molecule has 0 aromatic rings. The molecule has 0 spiro atoms. The SMILES string of the molecule is [Fe+3].[Fe+3].[Fe+3].[Fe+3].[Fe+3].[Fe+3].[Fe+3].[Fe+3].[Fe+3].[Fe+3].[Fe+3].[Fe+3].[Fe+3].[Fe+3].[Fe+3].[Fe+3].[Fe+3].[Fe+3].[Fe+3].[Fe+3].[Fe+3].[Fe+3].[Fe+3].[Fe+3].[Fe+3].[Fe+3].[Fe+3].[Fe+3].[O-2].[O-2].[O-2].[O-2].[O-2].[O-2].[O-2].[O-2].[O-2].[O-2].[O-2].[O-2].[O-2].[O-2].[O-2].[O-2].[O-2].[O-2].[O-2].[O-2].[O-2].[O-2].[O-2].[O-2].[O-2].[O-2].[O-2].[O-2].[O-2].[O-2].[O-2].[O-2].[O-2].[O-2].[O-2].[O-2].[O-2].[O-2].[O-2].[O-2].[O-2].[O-2].[O-2].[O-2].[O-2].[O-2].[O-2].[O-2].[O-2].[O-2].[O-2].[O-2].[O-2].[O-2].[O-2].[O-2].[O-2].[O-2].[O-2].[O-2].[O-2].[O-2].[O-2].[O-2].[O-2].[O-2].[O-2].[O-2].[O-2].[O-2].[O-2].[O-2].[O-2].[O-2].[O-2].[O-2].[O-2].[O-2].[O-2].[O-2].[O-2].[O-2].[O-2].[O-2].[O-2].[O-2].[O-2].[O-2].[O-2].[O-2].[O-2].[O-2].[O-2].[O-2].[O-2].[O-2].[O-2].[O-2].[O-2].[O-2].[O-2].[O-2].[O-2].[O-2].[O-2].[O-2].[O-2].[O-2].[O-2].[O-2].[O-2].[O-2].[O-2].[O-2].[O-2].[O-2].[O-2].[O-2].[O-2].[O-2].[O-2]. The molecule has 0 aliphatic rings. The van der Waals surface area contributed by atoms with Gasteiger partial charge in [-0.05, 0) is 0 Å². The minimum atomic E-state index is 0. The van der Waals surface area contributed by atoms with Crippen molar-refractivity contribution in [1.29, 1.82) is 0 Å². The van der Waals surface area contributed by atoms with Crippen LogP contribution in [0.25, 0.3) is 0 Å². The van der Waals surface area contributed by atoms with Gasteiger partial charge in [-0.15, -0.1) is 0 Å². The van der Waals surface area contributed by atoms with E-state index in [-0.39, 0.29) is 1140 Å². The summed E-state index contributed by atoms with van der Waals surface area (Å²) in [5, 5.41) is 0. The van der Waals surface area contributed by atoms with Crippen LogP contribution in [0.1, 0.15) is 0 Å². The quantitative estimate of drug-likeness (QED) is 0.204. The summed E-state index contributed by atoms with van der Waals surface area (Å²) in [4.78, 5) is 0. The molecule has 1108 valence electrons. The molecular formula is Fe28O121-158. The van der Waals surface area contributed by atoms with E-state index in [1.165, 1.54) is 0 Å². The molecule has 0 aromatic carbocycles. The fourth-order valence-corrected chi connectivity index (χ4v) is 0. The standard InChI is InChI=1S/28Fe.121O/q28*+3;121*-2. The predicted molar refractivity (Wildman–Crippen MR) is 83.1 cm³/mol. The van der Waals surface area contributed by atoms with E-state index < -0.39 is 0 Å². The third kappa shape index (κ3) is 40600. The van der Waals surface area contributed by atoms with E-state index in [1.54, 1.807) is 0 Å². The fourth-order valence-electron chi connectivity index (χ4n) is 0. The first-order valence-corrected chi connectivity index (χ1v) is 0. The van der Waals surface area contributed by atoms with E-state index >= 15 is 0 Å². The monoisotopic (exact) mass is 3500 g/mol. The van der Waals surface area contributed by atoms with Crippen LogP contribution in [0.4, 0.5) is 0 Å². The van der Waals surface area contributed by atoms with Gasteiger partial charge in [0.25, 0.3) is 0 Å². The molecule has 0 saturated carbocycles. The minimum Gasteiger partial charge on any atom is -2.00 e. The van der Waals surface area contributed by atoms with Crippen LogP contribution in [0, 0.1) is 0 Å². The summed E-state index contributed by atoms with van der Waals surface area (Å²) in [6.07, 6.45) is 0. The Bertz CT molecular complexity index is 104. The second-order valence-corrected chi connectivity index (χ2v) is 0. The van der Waals surface area contributed by atoms with Gasteiger partial charge in [-0.3, -0.25) is 0 Å². The maximum atomic E-state index is 0. The van der Waals surface area contributed by atoms with Crippen molar-refractivity contribution in [3.05, 3.63) is 0 Å². The maximum absolute atomic E-state index is 0. The average Bonchev–Trinajstić information content (AvgIpc) is 0. The Hall–Kier alpha value is 9.71. The topological polar surface area (TPSA) is 3450 Å². The van der Waals surface area contributed by atoms with Crippen LogP contribution >= 0.6 is 0 Å². The predicted octanol–water partition coefficient (Wildman–Crippen LogP) is -14.4. The fraction of sp³-hybridized carbons (Fsp3) is 0. The van der Waals surface area contributed by atoms with Gasteiger partial charge in [-0.25, -0.2) is 0 Å². The van der Waals surface area contributed by atoms with E-state index in [0.717, 1.165) is 0 Å². The molecule has 0 N–H and O–H groups in total. The zero-order valence-corrected chi connectivity index (χ0v) is 90.2. The zero-order valence-electron chi connectivity index (χ0n) is 59.3. The van der Waals surface area contributed by atoms with Crippen LogP contribution in [0.5, 0.6) is 0 Å². The van der Waals surface area contributed by atoms with Crippen molar-refractivity contribution < 1.29 is 1140 Å². The molecule has 0 aromatic heterocycles. The third-order valence-electron chi connectivity index (χ3n) is 0. The van der Waals surface area contributed by atoms with Crippen molar-refractivity contribution in [2.24, 2.45) is 0 Å². The van der Waals surface area contributed by atoms with Crippen LogP contribution in [0.2, 0.25) is 0 Å². The van der Waals surface area contributed by atoms with Gasteiger partial charge in [0.2, 0.25) is 0 Å². The Kier molecular flexibility index (Phi) is 11600000. The summed E-state index contributed by atoms with van der Waals surface area (Å²) in [7, 11) is 0. The molecule has 121 nitrogen and oxygen atoms in total. The maximum Gasteiger partial charge on any atom is 3.00 e. The summed E-state index contributed by atoms with van der Waals surface area (Å²) in [6, 6.07) is 0. The van der Waals surface area contributed by atoms with Crippen molar-refractivity contribution >= 4 is 0 Å². The molecule has 0 saturated heterocycles. The van der Waals surface area contributed by atoms with Gasteiger partial charge < -0.3 is 663 Å². The molecule has 0 unspecified atom stereocenters. The Morgan fingerprint density at radius 2 is 0.0134 bits per heavy atom. The van der Waals surface area contributed by atoms with Crippen molar-refractivity contribution in [1.82, 2.24) is 0 Å². The van der Waals surface area contributed by atoms with Crippen molar-refractivity contribution in [2.45, 2.75) is 0 Å². The summed E-state index contributed by atoms with van der Waals surface area (Å²) < 4.78 is 0. The van der Waals surface area contributed by atoms with E-state index in [4.69, 9.17) is 0 Å². The van der Waals surface area contributed by atoms with Crippen LogP contribution in [-0.2, 0) is 1140 Å². The van der Waals surface area contributed by atoms with E-state index in [1.807, 2.05) is 0 Å². The zero-order chi connectivity index (χ0) is 0. The van der Waals surface area contributed by atoms with Gasteiger partial charge in [0.1, 0.15) is 0 Å². The minimum absolute atomic E-state index is 0. The first-order valence-electron chi connectivity index (χ1n) is 0. The van der Waals surface area contributed by atoms with Gasteiger partial charge in [-0.1, -0.05) is 0 Å². The Morgan fingerprint density at radius 1 is 0.0134 bits per heavy atom. The average molecular weight is 3500 g/mol. The van der Waals surface area contributed by atoms with Crippen LogP contribution in [0.3, 0.4) is 0 Å². The molecule has 0 fully saturated rings. The molecule has 0 amide bonds. The molecule has 149 heteroatoms. The molecule has 0 atom stereocenters. The van der Waals surface area contributed by atoms with Gasteiger partial charge in [0, 0.05) is 0 Å². The third-order valence-corrected chi connectivity index (χ3v) is 0. The first kappa shape index (κ1) is 41900. The molecule has 0 aliphatic carbocycles. The van der Waals surface area contributed by atoms with E-state index in [9.17, 15) is 0 Å². The van der Waals surface area contributed by atoms with Crippen molar-refractivity contribution in [3.8, 4) is 0 Å². The first-order chi connectivity index (χ1) is 0. The smallest absolute Gasteiger partial charge is 2.00 e. The summed E-state index contributed by atoms with van der Waals surface area (Å²) >= 11 is 0. The molecule has 0 rings (SSSR count). The van der Waals surface area contributed by atoms with Crippen LogP contribution < -0.4 is 0 Å². The molecule has 0 aliphatic heterocycles. The Morgan fingerprint density at radius 3 is 0.0134 bits per heavy atom. The molecule has 0 heterocycles. The molecule has 28 radical (unpaired) electrons. The van der Waals surface area contributed by atoms with Gasteiger partial charge >= 0.3 is 478 Å². The Balaban J connectivity index is 0. The van der Waals surface area contributed by atoms with Crippen molar-refractivity contribution in [3.63, 3.8) is 0 Å². The molecular weight excluding hydrogens is 3500 g/mol. The summed E-state index contributed by atoms with van der Waals surface area (Å²) in [5.74, 6) is 0. The van der Waals surface area contributed by atoms with E-state index in [2.05, 4.69) is 0 Å². The normalized spacial score (nSPS) is 0. The number of rotatable bonds is 0. The second-order valence-electron chi connectivity index (χ2n) is 0. The van der Waals surface area contributed by atoms with Gasteiger partial charge in [-0.2, -0.15) is 0 Å². The van der Waals surface area contributed by atoms with Crippen LogP contribution in [-0.4, -0.2) is 0 Å². The largest absolute Gasteiger partial charge is 3.00 e. The summed E-state index contributed by atoms with van der Waals surface area (Å²) in [6.45, 7) is 0. The van der Waals surface area contributed by atoms with E-state index in [0.29, 0.717) is 0 Å². The van der Waals surface area contributed by atoms with Gasteiger partial charge in [0.15, 0.2) is 0 Å². The van der Waals surface area contributed by atoms with Crippen LogP contribution in [0.15, 0.2) is 0 Å².